The van der Waals surface area contributed by atoms with Crippen molar-refractivity contribution in [1.82, 2.24) is 5.32 Å². The fourth-order valence-corrected chi connectivity index (χ4v) is 2.35. The van der Waals surface area contributed by atoms with E-state index in [1.54, 1.807) is 7.11 Å². The van der Waals surface area contributed by atoms with Crippen LogP contribution >= 0.6 is 0 Å². The van der Waals surface area contributed by atoms with Gasteiger partial charge in [0.25, 0.3) is 0 Å². The lowest BCUT2D eigenvalue weighted by Crippen LogP contribution is -2.47. The van der Waals surface area contributed by atoms with Gasteiger partial charge in [-0.05, 0) is 31.1 Å². The Morgan fingerprint density at radius 1 is 1.26 bits per heavy atom. The van der Waals surface area contributed by atoms with Crippen LogP contribution in [-0.2, 0) is 14.3 Å². The molecule has 0 unspecified atom stereocenters. The Morgan fingerprint density at radius 2 is 1.89 bits per heavy atom. The van der Waals surface area contributed by atoms with Crippen LogP contribution in [-0.4, -0.2) is 44.9 Å². The van der Waals surface area contributed by atoms with Crippen LogP contribution in [0.5, 0.6) is 0 Å². The molecular formula is C14H28N2O3. The summed E-state index contributed by atoms with van der Waals surface area (Å²) in [5, 5.41) is 2.75. The Balaban J connectivity index is 2.34. The summed E-state index contributed by atoms with van der Waals surface area (Å²) in [6.45, 7) is 6.13. The largest absolute Gasteiger partial charge is 0.383 e. The summed E-state index contributed by atoms with van der Waals surface area (Å²) in [6.07, 6.45) is 4.05. The minimum atomic E-state index is -0.311. The van der Waals surface area contributed by atoms with E-state index in [2.05, 4.69) is 19.2 Å². The van der Waals surface area contributed by atoms with Gasteiger partial charge in [0.05, 0.1) is 12.2 Å². The van der Waals surface area contributed by atoms with Crippen molar-refractivity contribution in [3.05, 3.63) is 0 Å². The minimum Gasteiger partial charge on any atom is -0.383 e. The highest BCUT2D eigenvalue weighted by molar-refractivity contribution is 5.77. The predicted octanol–water partition coefficient (Wildman–Crippen LogP) is 1.06. The standard InChI is InChI=1S/C14H28N2O3/c1-13(2)4-6-14(11-15,7-5-13)19-10-12(17)16-8-9-18-3/h4-11,15H2,1-3H3,(H,16,17). The molecule has 0 aromatic rings. The van der Waals surface area contributed by atoms with Crippen LogP contribution in [0.4, 0.5) is 0 Å². The highest BCUT2D eigenvalue weighted by Gasteiger charge is 2.38. The molecule has 1 aliphatic rings. The minimum absolute atomic E-state index is 0.0847. The molecule has 1 rings (SSSR count). The van der Waals surface area contributed by atoms with Gasteiger partial charge < -0.3 is 20.5 Å². The van der Waals surface area contributed by atoms with Crippen molar-refractivity contribution in [2.24, 2.45) is 11.1 Å². The SMILES string of the molecule is COCCNC(=O)COC1(CN)CCC(C)(C)CC1. The number of methoxy groups -OCH3 is 1. The number of amides is 1. The fraction of sp³-hybridized carbons (Fsp3) is 0.929. The van der Waals surface area contributed by atoms with Crippen LogP contribution in [0.1, 0.15) is 39.5 Å². The monoisotopic (exact) mass is 272 g/mol. The maximum absolute atomic E-state index is 11.6. The number of nitrogens with two attached hydrogens (primary N) is 1. The number of hydrogen-bond acceptors (Lipinski definition) is 4. The molecule has 0 aromatic heterocycles. The quantitative estimate of drug-likeness (QED) is 0.680. The van der Waals surface area contributed by atoms with Crippen molar-refractivity contribution >= 4 is 5.91 Å². The van der Waals surface area contributed by atoms with E-state index in [1.165, 1.54) is 0 Å². The molecule has 1 amide bonds. The number of ether oxygens (including phenoxy) is 2. The Kier molecular flexibility index (Phi) is 6.23. The fourth-order valence-electron chi connectivity index (χ4n) is 2.35. The zero-order valence-corrected chi connectivity index (χ0v) is 12.5. The molecule has 0 radical (unpaired) electrons. The van der Waals surface area contributed by atoms with Crippen LogP contribution in [0.3, 0.4) is 0 Å². The summed E-state index contributed by atoms with van der Waals surface area (Å²) in [5.41, 5.74) is 5.91. The molecule has 5 heteroatoms. The first kappa shape index (κ1) is 16.4. The van der Waals surface area contributed by atoms with Crippen LogP contribution in [0.15, 0.2) is 0 Å². The van der Waals surface area contributed by atoms with Gasteiger partial charge in [-0.25, -0.2) is 0 Å². The van der Waals surface area contributed by atoms with Crippen LogP contribution in [0, 0.1) is 5.41 Å². The number of carbonyl (C=O) groups is 1. The molecule has 0 bridgehead atoms. The van der Waals surface area contributed by atoms with Gasteiger partial charge in [-0.15, -0.1) is 0 Å². The molecule has 19 heavy (non-hydrogen) atoms. The lowest BCUT2D eigenvalue weighted by Gasteiger charge is -2.42. The van der Waals surface area contributed by atoms with Gasteiger partial charge in [0.15, 0.2) is 0 Å². The zero-order chi connectivity index (χ0) is 14.4. The van der Waals surface area contributed by atoms with Crippen molar-refractivity contribution in [1.29, 1.82) is 0 Å². The van der Waals surface area contributed by atoms with Gasteiger partial charge in [-0.2, -0.15) is 0 Å². The van der Waals surface area contributed by atoms with E-state index in [9.17, 15) is 4.79 Å². The van der Waals surface area contributed by atoms with Gasteiger partial charge in [0.2, 0.25) is 5.91 Å². The van der Waals surface area contributed by atoms with Crippen molar-refractivity contribution < 1.29 is 14.3 Å². The second-order valence-electron chi connectivity index (χ2n) is 6.18. The van der Waals surface area contributed by atoms with E-state index in [0.29, 0.717) is 25.1 Å². The first-order valence-corrected chi connectivity index (χ1v) is 7.03. The number of hydrogen-bond donors (Lipinski definition) is 2. The first-order chi connectivity index (χ1) is 8.93. The molecule has 1 saturated carbocycles. The Bertz CT molecular complexity index is 282. The average Bonchev–Trinajstić information content (AvgIpc) is 2.39. The van der Waals surface area contributed by atoms with Gasteiger partial charge in [0.1, 0.15) is 6.61 Å². The summed E-state index contributed by atoms with van der Waals surface area (Å²) in [4.78, 5) is 11.6. The van der Waals surface area contributed by atoms with E-state index in [4.69, 9.17) is 15.2 Å². The first-order valence-electron chi connectivity index (χ1n) is 7.03. The number of rotatable bonds is 7. The van der Waals surface area contributed by atoms with Crippen LogP contribution < -0.4 is 11.1 Å². The lowest BCUT2D eigenvalue weighted by atomic mass is 9.71. The van der Waals surface area contributed by atoms with Crippen LogP contribution in [0.2, 0.25) is 0 Å². The maximum atomic E-state index is 11.6. The third-order valence-corrected chi connectivity index (χ3v) is 4.02. The molecule has 0 heterocycles. The molecule has 0 saturated heterocycles. The number of carbonyl (C=O) groups excluding carboxylic acids is 1. The van der Waals surface area contributed by atoms with Crippen LogP contribution in [0.25, 0.3) is 0 Å². The Labute approximate surface area is 116 Å². The topological polar surface area (TPSA) is 73.6 Å². The predicted molar refractivity (Wildman–Crippen MR) is 74.9 cm³/mol. The smallest absolute Gasteiger partial charge is 0.246 e. The van der Waals surface area contributed by atoms with Crippen molar-refractivity contribution in [2.45, 2.75) is 45.1 Å². The highest BCUT2D eigenvalue weighted by atomic mass is 16.5. The third-order valence-electron chi connectivity index (χ3n) is 4.02. The van der Waals surface area contributed by atoms with Crippen molar-refractivity contribution in [3.8, 4) is 0 Å². The van der Waals surface area contributed by atoms with Crippen molar-refractivity contribution in [2.75, 3.05) is 33.4 Å². The lowest BCUT2D eigenvalue weighted by molar-refractivity contribution is -0.137. The zero-order valence-electron chi connectivity index (χ0n) is 12.5. The molecule has 1 aliphatic carbocycles. The number of nitrogens with one attached hydrogen (secondary N) is 1. The average molecular weight is 272 g/mol. The maximum Gasteiger partial charge on any atom is 0.246 e. The molecule has 112 valence electrons. The molecular weight excluding hydrogens is 244 g/mol. The van der Waals surface area contributed by atoms with E-state index in [1.807, 2.05) is 0 Å². The summed E-state index contributed by atoms with van der Waals surface area (Å²) >= 11 is 0. The van der Waals surface area contributed by atoms with Crippen molar-refractivity contribution in [3.63, 3.8) is 0 Å². The summed E-state index contributed by atoms with van der Waals surface area (Å²) in [7, 11) is 1.61. The van der Waals surface area contributed by atoms with E-state index in [-0.39, 0.29) is 18.1 Å². The summed E-state index contributed by atoms with van der Waals surface area (Å²) in [6, 6.07) is 0. The second kappa shape index (κ2) is 7.22. The molecule has 0 atom stereocenters. The highest BCUT2D eigenvalue weighted by Crippen LogP contribution is 2.41. The van der Waals surface area contributed by atoms with Gasteiger partial charge in [-0.1, -0.05) is 13.8 Å². The molecule has 3 N–H and O–H groups in total. The van der Waals surface area contributed by atoms with E-state index in [0.717, 1.165) is 25.7 Å². The second-order valence-corrected chi connectivity index (χ2v) is 6.18. The molecule has 0 spiro atoms. The molecule has 0 aliphatic heterocycles. The van der Waals surface area contributed by atoms with Gasteiger partial charge in [0, 0.05) is 20.2 Å². The third kappa shape index (κ3) is 5.47. The van der Waals surface area contributed by atoms with E-state index < -0.39 is 0 Å². The van der Waals surface area contributed by atoms with Gasteiger partial charge >= 0.3 is 0 Å². The normalized spacial score (nSPS) is 21.1. The molecule has 1 fully saturated rings. The molecule has 5 nitrogen and oxygen atoms in total. The Hall–Kier alpha value is -0.650. The summed E-state index contributed by atoms with van der Waals surface area (Å²) in [5.74, 6) is -0.102. The molecule has 0 aromatic carbocycles. The van der Waals surface area contributed by atoms with Gasteiger partial charge in [-0.3, -0.25) is 4.79 Å². The van der Waals surface area contributed by atoms with E-state index >= 15 is 0 Å². The summed E-state index contributed by atoms with van der Waals surface area (Å²) < 4.78 is 10.7. The Morgan fingerprint density at radius 3 is 2.42 bits per heavy atom.